The van der Waals surface area contributed by atoms with Gasteiger partial charge in [-0.05, 0) is 25.0 Å². The highest BCUT2D eigenvalue weighted by Gasteiger charge is 2.14. The van der Waals surface area contributed by atoms with Crippen molar-refractivity contribution in [1.29, 1.82) is 0 Å². The van der Waals surface area contributed by atoms with Crippen molar-refractivity contribution in [1.82, 2.24) is 4.98 Å². The summed E-state index contributed by atoms with van der Waals surface area (Å²) in [6, 6.07) is 3.32. The maximum atomic E-state index is 12.4. The Morgan fingerprint density at radius 2 is 1.88 bits per heavy atom. The van der Waals surface area contributed by atoms with Gasteiger partial charge in [-0.2, -0.15) is 0 Å². The van der Waals surface area contributed by atoms with E-state index in [1.807, 2.05) is 20.8 Å². The number of aromatic amines is 1. The second-order valence-electron chi connectivity index (χ2n) is 4.46. The second-order valence-corrected chi connectivity index (χ2v) is 5.30. The van der Waals surface area contributed by atoms with Crippen molar-refractivity contribution in [3.05, 3.63) is 43.7 Å². The van der Waals surface area contributed by atoms with Gasteiger partial charge in [0.1, 0.15) is 0 Å². The quantitative estimate of drug-likeness (QED) is 0.824. The van der Waals surface area contributed by atoms with E-state index in [4.69, 9.17) is 23.2 Å². The van der Waals surface area contributed by atoms with Gasteiger partial charge in [0, 0.05) is 16.3 Å². The molecule has 17 heavy (non-hydrogen) atoms. The average molecular weight is 270 g/mol. The Hall–Kier alpha value is -0.990. The fourth-order valence-electron chi connectivity index (χ4n) is 2.17. The van der Waals surface area contributed by atoms with Crippen LogP contribution in [0.2, 0.25) is 10.0 Å². The standard InChI is InChI=1S/C13H13Cl2NO/c1-6(2)11-7(3)16-10-5-8(14)4-9(15)12(10)13(11)17/h4-6H,1-3H3,(H,16,17). The third-order valence-corrected chi connectivity index (χ3v) is 3.35. The van der Waals surface area contributed by atoms with Gasteiger partial charge in [-0.25, -0.2) is 0 Å². The normalized spacial score (nSPS) is 11.4. The van der Waals surface area contributed by atoms with Gasteiger partial charge in [-0.15, -0.1) is 0 Å². The van der Waals surface area contributed by atoms with Crippen LogP contribution in [0.25, 0.3) is 10.9 Å². The number of hydrogen-bond acceptors (Lipinski definition) is 1. The zero-order chi connectivity index (χ0) is 12.7. The molecule has 0 aliphatic heterocycles. The fourth-order valence-corrected chi connectivity index (χ4v) is 2.75. The van der Waals surface area contributed by atoms with Gasteiger partial charge >= 0.3 is 0 Å². The van der Waals surface area contributed by atoms with Crippen molar-refractivity contribution >= 4 is 34.1 Å². The number of hydrogen-bond donors (Lipinski definition) is 1. The molecule has 0 aliphatic rings. The fraction of sp³-hybridized carbons (Fsp3) is 0.308. The number of aromatic nitrogens is 1. The second kappa shape index (κ2) is 4.35. The van der Waals surface area contributed by atoms with Gasteiger partial charge in [0.2, 0.25) is 0 Å². The molecule has 0 saturated carbocycles. The van der Waals surface area contributed by atoms with Gasteiger partial charge < -0.3 is 4.98 Å². The van der Waals surface area contributed by atoms with Crippen molar-refractivity contribution in [2.24, 2.45) is 0 Å². The summed E-state index contributed by atoms with van der Waals surface area (Å²) in [5.41, 5.74) is 2.33. The number of H-pyrrole nitrogens is 1. The molecule has 1 heterocycles. The average Bonchev–Trinajstić information content (AvgIpc) is 2.13. The number of aryl methyl sites for hydroxylation is 1. The number of rotatable bonds is 1. The van der Waals surface area contributed by atoms with E-state index in [9.17, 15) is 4.79 Å². The molecule has 90 valence electrons. The Bertz CT molecular complexity index is 644. The molecule has 0 fully saturated rings. The van der Waals surface area contributed by atoms with Gasteiger partial charge in [0.15, 0.2) is 5.43 Å². The summed E-state index contributed by atoms with van der Waals surface area (Å²) in [5.74, 6) is 0.162. The Balaban J connectivity index is 2.98. The summed E-state index contributed by atoms with van der Waals surface area (Å²) in [6.45, 7) is 5.88. The van der Waals surface area contributed by atoms with E-state index in [2.05, 4.69) is 4.98 Å². The lowest BCUT2D eigenvalue weighted by molar-refractivity contribution is 0.839. The van der Waals surface area contributed by atoms with Crippen LogP contribution in [0.3, 0.4) is 0 Å². The largest absolute Gasteiger partial charge is 0.358 e. The van der Waals surface area contributed by atoms with Gasteiger partial charge in [-0.1, -0.05) is 37.0 Å². The van der Waals surface area contributed by atoms with Crippen LogP contribution in [0.4, 0.5) is 0 Å². The molecule has 0 spiro atoms. The number of fused-ring (bicyclic) bond motifs is 1. The molecule has 2 aromatic rings. The molecule has 4 heteroatoms. The van der Waals surface area contributed by atoms with Crippen molar-refractivity contribution in [2.75, 3.05) is 0 Å². The Morgan fingerprint density at radius 1 is 1.24 bits per heavy atom. The summed E-state index contributed by atoms with van der Waals surface area (Å²) in [4.78, 5) is 15.6. The molecule has 1 aromatic heterocycles. The molecule has 0 saturated heterocycles. The third kappa shape index (κ3) is 2.07. The van der Waals surface area contributed by atoms with E-state index < -0.39 is 0 Å². The third-order valence-electron chi connectivity index (χ3n) is 2.83. The minimum absolute atomic E-state index is 0.00656. The summed E-state index contributed by atoms with van der Waals surface area (Å²) in [6.07, 6.45) is 0. The predicted molar refractivity (Wildman–Crippen MR) is 73.4 cm³/mol. The first-order chi connectivity index (χ1) is 7.91. The van der Waals surface area contributed by atoms with Crippen LogP contribution < -0.4 is 5.43 Å². The molecule has 2 nitrogen and oxygen atoms in total. The van der Waals surface area contributed by atoms with E-state index in [0.29, 0.717) is 20.9 Å². The maximum Gasteiger partial charge on any atom is 0.194 e. The molecule has 0 amide bonds. The Morgan fingerprint density at radius 3 is 2.47 bits per heavy atom. The molecule has 0 atom stereocenters. The van der Waals surface area contributed by atoms with E-state index in [1.54, 1.807) is 12.1 Å². The molecule has 0 aliphatic carbocycles. The highest BCUT2D eigenvalue weighted by Crippen LogP contribution is 2.26. The van der Waals surface area contributed by atoms with Crippen LogP contribution in [0.5, 0.6) is 0 Å². The number of nitrogens with one attached hydrogen (secondary N) is 1. The molecule has 1 aromatic carbocycles. The highest BCUT2D eigenvalue weighted by molar-refractivity contribution is 6.38. The summed E-state index contributed by atoms with van der Waals surface area (Å²) in [7, 11) is 0. The molecular weight excluding hydrogens is 257 g/mol. The highest BCUT2D eigenvalue weighted by atomic mass is 35.5. The van der Waals surface area contributed by atoms with E-state index >= 15 is 0 Å². The lowest BCUT2D eigenvalue weighted by Gasteiger charge is -2.11. The molecule has 0 bridgehead atoms. The minimum Gasteiger partial charge on any atom is -0.358 e. The molecule has 1 N–H and O–H groups in total. The van der Waals surface area contributed by atoms with Gasteiger partial charge in [0.25, 0.3) is 0 Å². The van der Waals surface area contributed by atoms with Crippen molar-refractivity contribution in [2.45, 2.75) is 26.7 Å². The number of halogens is 2. The lowest BCUT2D eigenvalue weighted by Crippen LogP contribution is -2.15. The molecule has 0 radical (unpaired) electrons. The van der Waals surface area contributed by atoms with E-state index in [1.165, 1.54) is 0 Å². The first-order valence-corrected chi connectivity index (χ1v) is 6.19. The summed E-state index contributed by atoms with van der Waals surface area (Å²) < 4.78 is 0. The van der Waals surface area contributed by atoms with Crippen LogP contribution in [0, 0.1) is 6.92 Å². The number of benzene rings is 1. The van der Waals surface area contributed by atoms with Crippen LogP contribution in [-0.4, -0.2) is 4.98 Å². The maximum absolute atomic E-state index is 12.4. The van der Waals surface area contributed by atoms with Crippen LogP contribution in [0.1, 0.15) is 31.0 Å². The van der Waals surface area contributed by atoms with Crippen LogP contribution >= 0.6 is 23.2 Å². The molecule has 0 unspecified atom stereocenters. The lowest BCUT2D eigenvalue weighted by atomic mass is 9.99. The monoisotopic (exact) mass is 269 g/mol. The summed E-state index contributed by atoms with van der Waals surface area (Å²) >= 11 is 12.0. The Kier molecular flexibility index (Phi) is 3.19. The molecule has 2 rings (SSSR count). The van der Waals surface area contributed by atoms with Crippen molar-refractivity contribution in [3.63, 3.8) is 0 Å². The van der Waals surface area contributed by atoms with Gasteiger partial charge in [-0.3, -0.25) is 4.79 Å². The summed E-state index contributed by atoms with van der Waals surface area (Å²) in [5, 5.41) is 1.44. The number of pyridine rings is 1. The van der Waals surface area contributed by atoms with Crippen LogP contribution in [0.15, 0.2) is 16.9 Å². The minimum atomic E-state index is -0.00656. The van der Waals surface area contributed by atoms with Crippen molar-refractivity contribution < 1.29 is 0 Å². The van der Waals surface area contributed by atoms with E-state index in [0.717, 1.165) is 11.3 Å². The smallest absolute Gasteiger partial charge is 0.194 e. The predicted octanol–water partition coefficient (Wildman–Crippen LogP) is 4.27. The first-order valence-electron chi connectivity index (χ1n) is 5.43. The van der Waals surface area contributed by atoms with E-state index in [-0.39, 0.29) is 11.3 Å². The van der Waals surface area contributed by atoms with Gasteiger partial charge in [0.05, 0.1) is 15.9 Å². The first kappa shape index (κ1) is 12.5. The van der Waals surface area contributed by atoms with Crippen molar-refractivity contribution in [3.8, 4) is 0 Å². The topological polar surface area (TPSA) is 32.9 Å². The SMILES string of the molecule is Cc1[nH]c2cc(Cl)cc(Cl)c2c(=O)c1C(C)C. The molecular formula is C13H13Cl2NO. The Labute approximate surface area is 110 Å². The zero-order valence-electron chi connectivity index (χ0n) is 9.90. The van der Waals surface area contributed by atoms with Crippen LogP contribution in [-0.2, 0) is 0 Å². The zero-order valence-corrected chi connectivity index (χ0v) is 11.4.